The van der Waals surface area contributed by atoms with E-state index in [1.165, 1.54) is 12.1 Å². The molecule has 1 amide bonds. The third-order valence-electron chi connectivity index (χ3n) is 3.08. The second-order valence-corrected chi connectivity index (χ2v) is 4.60. The zero-order valence-electron chi connectivity index (χ0n) is 12.6. The van der Waals surface area contributed by atoms with Crippen molar-refractivity contribution in [2.24, 2.45) is 5.73 Å². The first-order valence-electron chi connectivity index (χ1n) is 6.83. The molecule has 4 nitrogen and oxygen atoms in total. The van der Waals surface area contributed by atoms with E-state index in [1.807, 2.05) is 13.8 Å². The molecule has 0 aliphatic rings. The van der Waals surface area contributed by atoms with Crippen LogP contribution in [-0.2, 0) is 4.74 Å². The molecule has 0 saturated carbocycles. The lowest BCUT2D eigenvalue weighted by Gasteiger charge is -2.27. The van der Waals surface area contributed by atoms with E-state index in [-0.39, 0.29) is 24.1 Å². The summed E-state index contributed by atoms with van der Waals surface area (Å²) in [6.45, 7) is 4.81. The van der Waals surface area contributed by atoms with Gasteiger partial charge in [-0.05, 0) is 32.0 Å². The summed E-state index contributed by atoms with van der Waals surface area (Å²) in [5, 5.41) is 0. The number of ether oxygens (including phenoxy) is 1. The van der Waals surface area contributed by atoms with Crippen molar-refractivity contribution >= 4 is 5.91 Å². The zero-order chi connectivity index (χ0) is 15.8. The van der Waals surface area contributed by atoms with Crippen LogP contribution in [-0.4, -0.2) is 43.7 Å². The molecule has 1 rings (SSSR count). The number of nitrogens with zero attached hydrogens (tertiary/aromatic N) is 1. The van der Waals surface area contributed by atoms with E-state index in [0.717, 1.165) is 0 Å². The summed E-state index contributed by atoms with van der Waals surface area (Å²) in [6.07, 6.45) is 0. The maximum atomic E-state index is 14.1. The molecule has 5 heteroatoms. The van der Waals surface area contributed by atoms with Crippen molar-refractivity contribution in [1.29, 1.82) is 0 Å². The molecule has 21 heavy (non-hydrogen) atoms. The molecule has 1 aromatic carbocycles. The van der Waals surface area contributed by atoms with Gasteiger partial charge in [0.05, 0.1) is 24.8 Å². The van der Waals surface area contributed by atoms with Gasteiger partial charge < -0.3 is 15.4 Å². The minimum absolute atomic E-state index is 0.0399. The van der Waals surface area contributed by atoms with Crippen LogP contribution >= 0.6 is 0 Å². The second kappa shape index (κ2) is 8.40. The highest BCUT2D eigenvalue weighted by molar-refractivity contribution is 5.94. The van der Waals surface area contributed by atoms with Gasteiger partial charge in [0.1, 0.15) is 5.82 Å². The fraction of sp³-hybridized carbons (Fsp3) is 0.438. The Morgan fingerprint density at radius 1 is 1.52 bits per heavy atom. The molecular formula is C16H21FN2O2. The first-order valence-corrected chi connectivity index (χ1v) is 6.83. The molecule has 1 atom stereocenters. The van der Waals surface area contributed by atoms with Crippen molar-refractivity contribution in [2.75, 3.05) is 26.8 Å². The predicted molar refractivity (Wildman–Crippen MR) is 80.4 cm³/mol. The Hall–Kier alpha value is -1.90. The Labute approximate surface area is 125 Å². The molecular weight excluding hydrogens is 271 g/mol. The van der Waals surface area contributed by atoms with E-state index in [0.29, 0.717) is 18.7 Å². The number of nitrogens with two attached hydrogens (primary N) is 1. The lowest BCUT2D eigenvalue weighted by Crippen LogP contribution is -2.41. The SMILES string of the molecule is CCN(C(=O)c1ccc(C#CCN)cc1F)C(C)COC. The average molecular weight is 292 g/mol. The van der Waals surface area contributed by atoms with Crippen LogP contribution in [0, 0.1) is 17.7 Å². The van der Waals surface area contributed by atoms with E-state index in [4.69, 9.17) is 10.5 Å². The number of likely N-dealkylation sites (N-methyl/N-ethyl adjacent to an activating group) is 1. The molecule has 114 valence electrons. The quantitative estimate of drug-likeness (QED) is 0.839. The summed E-state index contributed by atoms with van der Waals surface area (Å²) >= 11 is 0. The lowest BCUT2D eigenvalue weighted by molar-refractivity contribution is 0.0575. The van der Waals surface area contributed by atoms with Crippen molar-refractivity contribution in [2.45, 2.75) is 19.9 Å². The molecule has 0 radical (unpaired) electrons. The molecule has 0 aliphatic heterocycles. The third-order valence-corrected chi connectivity index (χ3v) is 3.08. The molecule has 1 unspecified atom stereocenters. The van der Waals surface area contributed by atoms with Crippen molar-refractivity contribution in [3.05, 3.63) is 35.1 Å². The maximum Gasteiger partial charge on any atom is 0.257 e. The minimum atomic E-state index is -0.577. The molecule has 2 N–H and O–H groups in total. The number of carbonyl (C=O) groups is 1. The first-order chi connectivity index (χ1) is 10.0. The van der Waals surface area contributed by atoms with E-state index < -0.39 is 5.82 Å². The van der Waals surface area contributed by atoms with Gasteiger partial charge in [-0.2, -0.15) is 0 Å². The molecule has 0 heterocycles. The fourth-order valence-corrected chi connectivity index (χ4v) is 2.06. The Morgan fingerprint density at radius 3 is 2.76 bits per heavy atom. The van der Waals surface area contributed by atoms with Crippen LogP contribution in [0.25, 0.3) is 0 Å². The number of hydrogen-bond acceptors (Lipinski definition) is 3. The van der Waals surface area contributed by atoms with Crippen LogP contribution in [0.15, 0.2) is 18.2 Å². The summed E-state index contributed by atoms with van der Waals surface area (Å²) in [5.74, 6) is 4.46. The predicted octanol–water partition coefficient (Wildman–Crippen LogP) is 1.63. The molecule has 0 bridgehead atoms. The topological polar surface area (TPSA) is 55.6 Å². The van der Waals surface area contributed by atoms with Gasteiger partial charge in [-0.1, -0.05) is 11.8 Å². The van der Waals surface area contributed by atoms with E-state index in [2.05, 4.69) is 11.8 Å². The largest absolute Gasteiger partial charge is 0.383 e. The van der Waals surface area contributed by atoms with Crippen LogP contribution in [0.2, 0.25) is 0 Å². The van der Waals surface area contributed by atoms with Crippen LogP contribution < -0.4 is 5.73 Å². The van der Waals surface area contributed by atoms with Crippen LogP contribution in [0.1, 0.15) is 29.8 Å². The van der Waals surface area contributed by atoms with Crippen LogP contribution in [0.4, 0.5) is 4.39 Å². The summed E-state index contributed by atoms with van der Waals surface area (Å²) in [7, 11) is 1.57. The lowest BCUT2D eigenvalue weighted by atomic mass is 10.1. The summed E-state index contributed by atoms with van der Waals surface area (Å²) in [4.78, 5) is 14.0. The van der Waals surface area contributed by atoms with Crippen LogP contribution in [0.5, 0.6) is 0 Å². The van der Waals surface area contributed by atoms with Crippen LogP contribution in [0.3, 0.4) is 0 Å². The molecule has 0 spiro atoms. The van der Waals surface area contributed by atoms with E-state index in [1.54, 1.807) is 18.1 Å². The molecule has 0 saturated heterocycles. The van der Waals surface area contributed by atoms with E-state index >= 15 is 0 Å². The average Bonchev–Trinajstić information content (AvgIpc) is 2.46. The van der Waals surface area contributed by atoms with E-state index in [9.17, 15) is 9.18 Å². The number of hydrogen-bond donors (Lipinski definition) is 1. The van der Waals surface area contributed by atoms with Gasteiger partial charge in [0, 0.05) is 19.2 Å². The fourth-order valence-electron chi connectivity index (χ4n) is 2.06. The van der Waals surface area contributed by atoms with Crippen molar-refractivity contribution < 1.29 is 13.9 Å². The number of carbonyl (C=O) groups excluding carboxylic acids is 1. The van der Waals surface area contributed by atoms with Crippen molar-refractivity contribution in [1.82, 2.24) is 4.90 Å². The smallest absolute Gasteiger partial charge is 0.257 e. The van der Waals surface area contributed by atoms with Gasteiger partial charge in [-0.25, -0.2) is 4.39 Å². The van der Waals surface area contributed by atoms with Gasteiger partial charge >= 0.3 is 0 Å². The molecule has 0 fully saturated rings. The zero-order valence-corrected chi connectivity index (χ0v) is 12.6. The highest BCUT2D eigenvalue weighted by atomic mass is 19.1. The standard InChI is InChI=1S/C16H21FN2O2/c1-4-19(12(2)11-21-3)16(20)14-8-7-13(6-5-9-18)10-15(14)17/h7-8,10,12H,4,9,11,18H2,1-3H3. The first kappa shape index (κ1) is 17.2. The maximum absolute atomic E-state index is 14.1. The molecule has 0 aliphatic carbocycles. The van der Waals surface area contributed by atoms with Crippen molar-refractivity contribution in [3.8, 4) is 11.8 Å². The third kappa shape index (κ3) is 4.55. The molecule has 0 aromatic heterocycles. The highest BCUT2D eigenvalue weighted by Gasteiger charge is 2.22. The van der Waals surface area contributed by atoms with Gasteiger partial charge in [-0.3, -0.25) is 4.79 Å². The molecule has 1 aromatic rings. The summed E-state index contributed by atoms with van der Waals surface area (Å²) in [5.41, 5.74) is 5.81. The monoisotopic (exact) mass is 292 g/mol. The number of benzene rings is 1. The Morgan fingerprint density at radius 2 is 2.24 bits per heavy atom. The second-order valence-electron chi connectivity index (χ2n) is 4.60. The Bertz CT molecular complexity index is 549. The Kier molecular flexibility index (Phi) is 6.86. The summed E-state index contributed by atoms with van der Waals surface area (Å²) in [6, 6.07) is 4.21. The number of rotatable bonds is 5. The van der Waals surface area contributed by atoms with Crippen molar-refractivity contribution in [3.63, 3.8) is 0 Å². The van der Waals surface area contributed by atoms with Gasteiger partial charge in [0.2, 0.25) is 0 Å². The highest BCUT2D eigenvalue weighted by Crippen LogP contribution is 2.14. The Balaban J connectivity index is 3.01. The van der Waals surface area contributed by atoms with Gasteiger partial charge in [0.25, 0.3) is 5.91 Å². The minimum Gasteiger partial charge on any atom is -0.383 e. The number of halogens is 1. The normalized spacial score (nSPS) is 11.5. The van der Waals surface area contributed by atoms with Gasteiger partial charge in [0.15, 0.2) is 0 Å². The van der Waals surface area contributed by atoms with Gasteiger partial charge in [-0.15, -0.1) is 0 Å². The number of methoxy groups -OCH3 is 1. The summed E-state index contributed by atoms with van der Waals surface area (Å²) < 4.78 is 19.1. The number of amides is 1.